The molecule has 0 spiro atoms. The van der Waals surface area contributed by atoms with Crippen LogP contribution in [0.2, 0.25) is 0 Å². The third-order valence-electron chi connectivity index (χ3n) is 2.65. The summed E-state index contributed by atoms with van der Waals surface area (Å²) in [4.78, 5) is 28.3. The molecule has 0 unspecified atom stereocenters. The van der Waals surface area contributed by atoms with E-state index in [1.54, 1.807) is 6.92 Å². The first-order valence-electron chi connectivity index (χ1n) is 5.97. The Morgan fingerprint density at radius 2 is 2.00 bits per heavy atom. The molecule has 0 atom stereocenters. The lowest BCUT2D eigenvalue weighted by Crippen LogP contribution is -2.40. The Morgan fingerprint density at radius 1 is 1.38 bits per heavy atom. The van der Waals surface area contributed by atoms with Gasteiger partial charge in [0.15, 0.2) is 9.90 Å². The number of sulfonamides is 1. The van der Waals surface area contributed by atoms with Crippen molar-refractivity contribution in [3.63, 3.8) is 0 Å². The molecule has 8 nitrogen and oxygen atoms in total. The van der Waals surface area contributed by atoms with Gasteiger partial charge in [0.05, 0.1) is 19.2 Å². The van der Waals surface area contributed by atoms with Gasteiger partial charge < -0.3 is 9.64 Å². The van der Waals surface area contributed by atoms with Crippen molar-refractivity contribution in [2.45, 2.75) is 11.1 Å². The summed E-state index contributed by atoms with van der Waals surface area (Å²) in [6, 6.07) is 0. The van der Waals surface area contributed by atoms with Gasteiger partial charge in [0.1, 0.15) is 0 Å². The highest BCUT2D eigenvalue weighted by Gasteiger charge is 2.32. The summed E-state index contributed by atoms with van der Waals surface area (Å²) in [5.41, 5.74) is 0.985. The maximum Gasteiger partial charge on any atom is 0.358 e. The summed E-state index contributed by atoms with van der Waals surface area (Å²) in [7, 11) is 0.237. The van der Waals surface area contributed by atoms with Crippen LogP contribution < -0.4 is 0 Å². The monoisotopic (exact) mass is 335 g/mol. The van der Waals surface area contributed by atoms with Crippen LogP contribution in [0.25, 0.3) is 0 Å². The van der Waals surface area contributed by atoms with Gasteiger partial charge in [0.25, 0.3) is 10.0 Å². The van der Waals surface area contributed by atoms with Crippen molar-refractivity contribution >= 4 is 33.2 Å². The molecule has 10 heteroatoms. The maximum absolute atomic E-state index is 12.5. The van der Waals surface area contributed by atoms with Gasteiger partial charge >= 0.3 is 5.97 Å². The summed E-state index contributed by atoms with van der Waals surface area (Å²) in [5, 5.41) is 0. The van der Waals surface area contributed by atoms with Crippen molar-refractivity contribution in [2.75, 3.05) is 34.3 Å². The quantitative estimate of drug-likeness (QED) is 0.680. The SMILES string of the molecule is CCN(CC(=O)N(C)C)S(=O)(=O)c1scnc1C(=O)OC. The van der Waals surface area contributed by atoms with E-state index in [1.807, 2.05) is 0 Å². The molecule has 1 rings (SSSR count). The van der Waals surface area contributed by atoms with E-state index in [-0.39, 0.29) is 28.9 Å². The van der Waals surface area contributed by atoms with Crippen LogP contribution in [0, 0.1) is 0 Å². The Kier molecular flexibility index (Phi) is 5.81. The van der Waals surface area contributed by atoms with Crippen LogP contribution in [-0.2, 0) is 19.6 Å². The molecule has 1 aromatic heterocycles. The fraction of sp³-hybridized carbons (Fsp3) is 0.545. The largest absolute Gasteiger partial charge is 0.464 e. The number of carbonyl (C=O) groups is 2. The van der Waals surface area contributed by atoms with Crippen molar-refractivity contribution in [2.24, 2.45) is 0 Å². The number of likely N-dealkylation sites (N-methyl/N-ethyl adjacent to an activating group) is 2. The summed E-state index contributed by atoms with van der Waals surface area (Å²) in [6.45, 7) is 1.41. The van der Waals surface area contributed by atoms with E-state index in [1.165, 1.54) is 24.5 Å². The van der Waals surface area contributed by atoms with Gasteiger partial charge in [-0.25, -0.2) is 18.2 Å². The molecule has 21 heavy (non-hydrogen) atoms. The van der Waals surface area contributed by atoms with Crippen LogP contribution >= 0.6 is 11.3 Å². The lowest BCUT2D eigenvalue weighted by molar-refractivity contribution is -0.128. The average Bonchev–Trinajstić information content (AvgIpc) is 2.93. The van der Waals surface area contributed by atoms with E-state index in [2.05, 4.69) is 9.72 Å². The van der Waals surface area contributed by atoms with Gasteiger partial charge in [-0.1, -0.05) is 6.92 Å². The number of ether oxygens (including phenoxy) is 1. The van der Waals surface area contributed by atoms with E-state index in [0.717, 1.165) is 22.8 Å². The second-order valence-electron chi connectivity index (χ2n) is 4.20. The zero-order chi connectivity index (χ0) is 16.2. The van der Waals surface area contributed by atoms with Gasteiger partial charge in [-0.3, -0.25) is 4.79 Å². The minimum Gasteiger partial charge on any atom is -0.464 e. The van der Waals surface area contributed by atoms with E-state index in [9.17, 15) is 18.0 Å². The molecule has 0 saturated heterocycles. The number of nitrogens with zero attached hydrogens (tertiary/aromatic N) is 3. The number of carbonyl (C=O) groups excluding carboxylic acids is 2. The highest BCUT2D eigenvalue weighted by molar-refractivity contribution is 7.91. The van der Waals surface area contributed by atoms with E-state index < -0.39 is 16.0 Å². The zero-order valence-corrected chi connectivity index (χ0v) is 13.8. The molecule has 0 bridgehead atoms. The molecule has 1 amide bonds. The van der Waals surface area contributed by atoms with Crippen LogP contribution in [0.1, 0.15) is 17.4 Å². The fourth-order valence-electron chi connectivity index (χ4n) is 1.43. The van der Waals surface area contributed by atoms with Crippen molar-refractivity contribution < 1.29 is 22.7 Å². The summed E-state index contributed by atoms with van der Waals surface area (Å²) in [6.07, 6.45) is 0. The Labute approximate surface area is 127 Å². The van der Waals surface area contributed by atoms with Crippen LogP contribution in [0.5, 0.6) is 0 Å². The average molecular weight is 335 g/mol. The first-order chi connectivity index (χ1) is 9.75. The minimum atomic E-state index is -3.98. The molecule has 0 radical (unpaired) electrons. The van der Waals surface area contributed by atoms with Gasteiger partial charge in [-0.2, -0.15) is 4.31 Å². The second-order valence-corrected chi connectivity index (χ2v) is 7.19. The predicted molar refractivity (Wildman–Crippen MR) is 76.6 cm³/mol. The molecule has 0 aliphatic rings. The molecule has 118 valence electrons. The standard InChI is InChI=1S/C11H17N3O5S2/c1-5-14(6-8(15)13(2)3)21(17,18)11-9(10(16)19-4)12-7-20-11/h7H,5-6H2,1-4H3. The molecule has 1 aromatic rings. The molecule has 0 N–H and O–H groups in total. The fourth-order valence-corrected chi connectivity index (χ4v) is 4.10. The van der Waals surface area contributed by atoms with Gasteiger partial charge in [-0.05, 0) is 0 Å². The van der Waals surface area contributed by atoms with Crippen molar-refractivity contribution in [3.8, 4) is 0 Å². The maximum atomic E-state index is 12.5. The van der Waals surface area contributed by atoms with Crippen molar-refractivity contribution in [1.82, 2.24) is 14.2 Å². The van der Waals surface area contributed by atoms with Crippen LogP contribution in [0.15, 0.2) is 9.72 Å². The number of rotatable bonds is 6. The molecule has 0 aliphatic carbocycles. The Hall–Kier alpha value is -1.52. The lowest BCUT2D eigenvalue weighted by atomic mass is 10.5. The normalized spacial score (nSPS) is 11.5. The topological polar surface area (TPSA) is 96.9 Å². The molecular weight excluding hydrogens is 318 g/mol. The van der Waals surface area contributed by atoms with E-state index in [4.69, 9.17) is 0 Å². The lowest BCUT2D eigenvalue weighted by Gasteiger charge is -2.21. The minimum absolute atomic E-state index is 0.0976. The highest BCUT2D eigenvalue weighted by Crippen LogP contribution is 2.24. The molecule has 0 aromatic carbocycles. The van der Waals surface area contributed by atoms with Gasteiger partial charge in [0, 0.05) is 20.6 Å². The Bertz CT molecular complexity index is 624. The third-order valence-corrected chi connectivity index (χ3v) is 5.92. The van der Waals surface area contributed by atoms with E-state index in [0.29, 0.717) is 0 Å². The Balaban J connectivity index is 3.17. The molecule has 0 fully saturated rings. The van der Waals surface area contributed by atoms with Crippen LogP contribution in [-0.4, -0.2) is 68.8 Å². The van der Waals surface area contributed by atoms with E-state index >= 15 is 0 Å². The second kappa shape index (κ2) is 6.96. The van der Waals surface area contributed by atoms with Gasteiger partial charge in [0.2, 0.25) is 5.91 Å². The summed E-state index contributed by atoms with van der Waals surface area (Å²) in [5.74, 6) is -1.19. The molecule has 0 saturated carbocycles. The van der Waals surface area contributed by atoms with Crippen LogP contribution in [0.4, 0.5) is 0 Å². The first-order valence-corrected chi connectivity index (χ1v) is 8.29. The highest BCUT2D eigenvalue weighted by atomic mass is 32.2. The molecule has 1 heterocycles. The Morgan fingerprint density at radius 3 is 2.48 bits per heavy atom. The number of esters is 1. The molecule has 0 aliphatic heterocycles. The number of aromatic nitrogens is 1. The number of hydrogen-bond acceptors (Lipinski definition) is 7. The number of methoxy groups -OCH3 is 1. The molecular formula is C11H17N3O5S2. The summed E-state index contributed by atoms with van der Waals surface area (Å²) < 4.78 is 30.4. The van der Waals surface area contributed by atoms with Gasteiger partial charge in [-0.15, -0.1) is 11.3 Å². The van der Waals surface area contributed by atoms with Crippen LogP contribution in [0.3, 0.4) is 0 Å². The smallest absolute Gasteiger partial charge is 0.358 e. The zero-order valence-electron chi connectivity index (χ0n) is 12.2. The number of thiazole rings is 1. The first kappa shape index (κ1) is 17.5. The predicted octanol–water partition coefficient (Wildman–Crippen LogP) is 0.0285. The third kappa shape index (κ3) is 3.77. The van der Waals surface area contributed by atoms with Crippen molar-refractivity contribution in [1.29, 1.82) is 0 Å². The number of hydrogen-bond donors (Lipinski definition) is 0. The van der Waals surface area contributed by atoms with Crippen molar-refractivity contribution in [3.05, 3.63) is 11.2 Å². The summed E-state index contributed by atoms with van der Waals surface area (Å²) >= 11 is 0.813. The number of amides is 1.